The highest BCUT2D eigenvalue weighted by Gasteiger charge is 2.14. The number of benzene rings is 1. The first-order valence-electron chi connectivity index (χ1n) is 6.65. The van der Waals surface area contributed by atoms with Gasteiger partial charge in [0.1, 0.15) is 11.4 Å². The fourth-order valence-electron chi connectivity index (χ4n) is 1.72. The van der Waals surface area contributed by atoms with Gasteiger partial charge in [0.15, 0.2) is 5.82 Å². The Kier molecular flexibility index (Phi) is 5.15. The summed E-state index contributed by atoms with van der Waals surface area (Å²) in [6, 6.07) is 7.98. The van der Waals surface area contributed by atoms with E-state index in [0.29, 0.717) is 6.61 Å². The van der Waals surface area contributed by atoms with Gasteiger partial charge in [-0.25, -0.2) is 0 Å². The fraction of sp³-hybridized carbons (Fsp3) is 0.429. The summed E-state index contributed by atoms with van der Waals surface area (Å²) in [5.74, 6) is 1.72. The van der Waals surface area contributed by atoms with Crippen LogP contribution in [-0.4, -0.2) is 21.9 Å². The summed E-state index contributed by atoms with van der Waals surface area (Å²) < 4.78 is 14.5. The first kappa shape index (κ1) is 13.8. The molecule has 0 atom stereocenters. The number of hydrogen-bond acceptors (Lipinski definition) is 5. The third kappa shape index (κ3) is 3.44. The van der Waals surface area contributed by atoms with Crippen LogP contribution in [0.1, 0.15) is 26.7 Å². The van der Waals surface area contributed by atoms with Crippen LogP contribution in [0, 0.1) is 0 Å². The highest BCUT2D eigenvalue weighted by atomic mass is 32.1. The number of nitrogens with one attached hydrogen (secondary N) is 1. The van der Waals surface area contributed by atoms with Crippen molar-refractivity contribution in [1.82, 2.24) is 8.75 Å². The normalized spacial score (nSPS) is 10.4. The monoisotopic (exact) mass is 277 g/mol. The standard InChI is InChI=1S/C14H19N3OS/c1-3-9-15-14-13(16-19-17-14)11-7-5-6-8-12(11)18-10-4-2/h5-8H,3-4,9-10H2,1-2H3,(H,15,17). The molecule has 1 N–H and O–H groups in total. The van der Waals surface area contributed by atoms with Crippen molar-refractivity contribution in [2.75, 3.05) is 18.5 Å². The molecular weight excluding hydrogens is 258 g/mol. The summed E-state index contributed by atoms with van der Waals surface area (Å²) >= 11 is 1.23. The molecule has 0 aliphatic rings. The van der Waals surface area contributed by atoms with E-state index in [0.717, 1.165) is 42.2 Å². The maximum absolute atomic E-state index is 5.78. The quantitative estimate of drug-likeness (QED) is 0.836. The Bertz CT molecular complexity index is 513. The predicted molar refractivity (Wildman–Crippen MR) is 79.9 cm³/mol. The molecule has 0 aliphatic heterocycles. The highest BCUT2D eigenvalue weighted by Crippen LogP contribution is 2.33. The minimum atomic E-state index is 0.715. The van der Waals surface area contributed by atoms with Crippen molar-refractivity contribution in [1.29, 1.82) is 0 Å². The molecule has 1 aromatic heterocycles. The van der Waals surface area contributed by atoms with Crippen molar-refractivity contribution in [3.63, 3.8) is 0 Å². The molecule has 0 spiro atoms. The second-order valence-electron chi connectivity index (χ2n) is 4.23. The Hall–Kier alpha value is -1.62. The Morgan fingerprint density at radius 3 is 2.79 bits per heavy atom. The lowest BCUT2D eigenvalue weighted by Crippen LogP contribution is -2.02. The molecule has 5 heteroatoms. The molecule has 0 radical (unpaired) electrons. The summed E-state index contributed by atoms with van der Waals surface area (Å²) in [5.41, 5.74) is 1.88. The van der Waals surface area contributed by atoms with E-state index >= 15 is 0 Å². The predicted octanol–water partition coefficient (Wildman–Crippen LogP) is 3.82. The van der Waals surface area contributed by atoms with E-state index in [-0.39, 0.29) is 0 Å². The third-order valence-electron chi connectivity index (χ3n) is 2.63. The van der Waals surface area contributed by atoms with Crippen molar-refractivity contribution in [2.45, 2.75) is 26.7 Å². The molecule has 0 aliphatic carbocycles. The average Bonchev–Trinajstić information content (AvgIpc) is 2.91. The van der Waals surface area contributed by atoms with E-state index < -0.39 is 0 Å². The molecular formula is C14H19N3OS. The van der Waals surface area contributed by atoms with Crippen LogP contribution in [0.15, 0.2) is 24.3 Å². The molecule has 102 valence electrons. The molecule has 0 saturated carbocycles. The molecule has 1 heterocycles. The number of aromatic nitrogens is 2. The first-order valence-corrected chi connectivity index (χ1v) is 7.38. The Morgan fingerprint density at radius 2 is 2.00 bits per heavy atom. The molecule has 4 nitrogen and oxygen atoms in total. The van der Waals surface area contributed by atoms with E-state index in [2.05, 4.69) is 27.9 Å². The molecule has 2 rings (SSSR count). The van der Waals surface area contributed by atoms with Crippen LogP contribution < -0.4 is 10.1 Å². The topological polar surface area (TPSA) is 47.0 Å². The van der Waals surface area contributed by atoms with Crippen molar-refractivity contribution >= 4 is 17.5 Å². The average molecular weight is 277 g/mol. The Labute approximate surface area is 118 Å². The minimum Gasteiger partial charge on any atom is -0.493 e. The van der Waals surface area contributed by atoms with Gasteiger partial charge in [0.2, 0.25) is 0 Å². The molecule has 0 bridgehead atoms. The molecule has 0 saturated heterocycles. The molecule has 0 unspecified atom stereocenters. The molecule has 0 fully saturated rings. The van der Waals surface area contributed by atoms with Crippen molar-refractivity contribution < 1.29 is 4.74 Å². The van der Waals surface area contributed by atoms with E-state index in [1.165, 1.54) is 11.7 Å². The largest absolute Gasteiger partial charge is 0.493 e. The van der Waals surface area contributed by atoms with Gasteiger partial charge in [0.25, 0.3) is 0 Å². The van der Waals surface area contributed by atoms with Crippen molar-refractivity contribution in [2.24, 2.45) is 0 Å². The second kappa shape index (κ2) is 7.09. The van der Waals surface area contributed by atoms with E-state index in [9.17, 15) is 0 Å². The van der Waals surface area contributed by atoms with Crippen LogP contribution in [0.4, 0.5) is 5.82 Å². The summed E-state index contributed by atoms with van der Waals surface area (Å²) in [5, 5.41) is 3.31. The summed E-state index contributed by atoms with van der Waals surface area (Å²) in [4.78, 5) is 0. The summed E-state index contributed by atoms with van der Waals surface area (Å²) in [7, 11) is 0. The third-order valence-corrected chi connectivity index (χ3v) is 3.16. The van der Waals surface area contributed by atoms with Gasteiger partial charge in [0, 0.05) is 12.1 Å². The van der Waals surface area contributed by atoms with Gasteiger partial charge in [-0.05, 0) is 25.0 Å². The lowest BCUT2D eigenvalue weighted by Gasteiger charge is -2.10. The van der Waals surface area contributed by atoms with E-state index in [1.54, 1.807) is 0 Å². The van der Waals surface area contributed by atoms with Gasteiger partial charge in [-0.2, -0.15) is 8.75 Å². The summed E-state index contributed by atoms with van der Waals surface area (Å²) in [6.07, 6.45) is 2.05. The van der Waals surface area contributed by atoms with Crippen LogP contribution in [0.3, 0.4) is 0 Å². The van der Waals surface area contributed by atoms with E-state index in [1.807, 2.05) is 24.3 Å². The van der Waals surface area contributed by atoms with Gasteiger partial charge in [-0.15, -0.1) is 0 Å². The number of anilines is 1. The minimum absolute atomic E-state index is 0.715. The molecule has 0 amide bonds. The fourth-order valence-corrected chi connectivity index (χ4v) is 2.26. The van der Waals surface area contributed by atoms with Crippen LogP contribution in [-0.2, 0) is 0 Å². The van der Waals surface area contributed by atoms with Gasteiger partial charge in [0.05, 0.1) is 18.3 Å². The maximum Gasteiger partial charge on any atom is 0.168 e. The molecule has 19 heavy (non-hydrogen) atoms. The van der Waals surface area contributed by atoms with Gasteiger partial charge < -0.3 is 10.1 Å². The highest BCUT2D eigenvalue weighted by molar-refractivity contribution is 6.99. The summed E-state index contributed by atoms with van der Waals surface area (Å²) in [6.45, 7) is 5.84. The number of rotatable bonds is 7. The zero-order valence-electron chi connectivity index (χ0n) is 11.3. The smallest absolute Gasteiger partial charge is 0.168 e. The van der Waals surface area contributed by atoms with Gasteiger partial charge in [-0.3, -0.25) is 0 Å². The lowest BCUT2D eigenvalue weighted by molar-refractivity contribution is 0.318. The molecule has 2 aromatic rings. The Balaban J connectivity index is 2.28. The van der Waals surface area contributed by atoms with Crippen LogP contribution in [0.5, 0.6) is 5.75 Å². The van der Waals surface area contributed by atoms with Crippen LogP contribution >= 0.6 is 11.7 Å². The number of para-hydroxylation sites is 1. The van der Waals surface area contributed by atoms with Crippen LogP contribution in [0.2, 0.25) is 0 Å². The Morgan fingerprint density at radius 1 is 1.16 bits per heavy atom. The maximum atomic E-state index is 5.78. The van der Waals surface area contributed by atoms with Gasteiger partial charge in [-0.1, -0.05) is 26.0 Å². The number of nitrogens with zero attached hydrogens (tertiary/aromatic N) is 2. The zero-order valence-corrected chi connectivity index (χ0v) is 12.2. The number of ether oxygens (including phenoxy) is 1. The van der Waals surface area contributed by atoms with Crippen molar-refractivity contribution in [3.05, 3.63) is 24.3 Å². The lowest BCUT2D eigenvalue weighted by atomic mass is 10.1. The van der Waals surface area contributed by atoms with E-state index in [4.69, 9.17) is 4.74 Å². The SMILES string of the molecule is CCCNc1nsnc1-c1ccccc1OCCC. The van der Waals surface area contributed by atoms with Gasteiger partial charge >= 0.3 is 0 Å². The second-order valence-corrected chi connectivity index (χ2v) is 4.76. The number of hydrogen-bond donors (Lipinski definition) is 1. The van der Waals surface area contributed by atoms with Crippen LogP contribution in [0.25, 0.3) is 11.3 Å². The van der Waals surface area contributed by atoms with Crippen molar-refractivity contribution in [3.8, 4) is 17.0 Å². The molecule has 1 aromatic carbocycles. The zero-order chi connectivity index (χ0) is 13.5. The first-order chi connectivity index (χ1) is 9.36.